The van der Waals surface area contributed by atoms with Gasteiger partial charge in [-0.3, -0.25) is 0 Å². The Morgan fingerprint density at radius 1 is 1.31 bits per heavy atom. The summed E-state index contributed by atoms with van der Waals surface area (Å²) in [6, 6.07) is 6.68. The highest BCUT2D eigenvalue weighted by atomic mass is 19.1. The molecule has 2 nitrogen and oxygen atoms in total. The molecule has 0 bridgehead atoms. The van der Waals surface area contributed by atoms with Crippen LogP contribution in [0.4, 0.5) is 4.39 Å². The molecule has 1 aromatic rings. The van der Waals surface area contributed by atoms with Crippen LogP contribution in [0.25, 0.3) is 0 Å². The zero-order chi connectivity index (χ0) is 11.8. The second-order valence-corrected chi connectivity index (χ2v) is 4.26. The van der Waals surface area contributed by atoms with Crippen LogP contribution in [0.15, 0.2) is 24.3 Å². The van der Waals surface area contributed by atoms with E-state index in [0.29, 0.717) is 5.92 Å². The SMILES string of the molecule is CC(CCN)CNCCc1ccc(F)cc1. The summed E-state index contributed by atoms with van der Waals surface area (Å²) < 4.78 is 12.6. The summed E-state index contributed by atoms with van der Waals surface area (Å²) in [7, 11) is 0. The molecule has 16 heavy (non-hydrogen) atoms. The molecule has 90 valence electrons. The molecule has 0 aliphatic carbocycles. The third-order valence-corrected chi connectivity index (χ3v) is 2.66. The summed E-state index contributed by atoms with van der Waals surface area (Å²) in [6.45, 7) is 4.87. The molecule has 0 radical (unpaired) electrons. The first-order valence-corrected chi connectivity index (χ1v) is 5.87. The van der Waals surface area contributed by atoms with Crippen molar-refractivity contribution in [2.24, 2.45) is 11.7 Å². The van der Waals surface area contributed by atoms with Gasteiger partial charge in [-0.25, -0.2) is 4.39 Å². The molecular weight excluding hydrogens is 203 g/mol. The molecule has 3 N–H and O–H groups in total. The minimum Gasteiger partial charge on any atom is -0.330 e. The van der Waals surface area contributed by atoms with E-state index < -0.39 is 0 Å². The van der Waals surface area contributed by atoms with Crippen LogP contribution in [0.3, 0.4) is 0 Å². The average molecular weight is 224 g/mol. The topological polar surface area (TPSA) is 38.0 Å². The zero-order valence-corrected chi connectivity index (χ0v) is 9.88. The lowest BCUT2D eigenvalue weighted by Crippen LogP contribution is -2.24. The predicted octanol–water partition coefficient (Wildman–Crippen LogP) is 1.94. The molecule has 1 atom stereocenters. The Kier molecular flexibility index (Phi) is 6.04. The van der Waals surface area contributed by atoms with Crippen molar-refractivity contribution in [2.45, 2.75) is 19.8 Å². The molecule has 0 spiro atoms. The highest BCUT2D eigenvalue weighted by Crippen LogP contribution is 2.03. The van der Waals surface area contributed by atoms with Crippen LogP contribution in [0.5, 0.6) is 0 Å². The lowest BCUT2D eigenvalue weighted by molar-refractivity contribution is 0.489. The van der Waals surface area contributed by atoms with Crippen molar-refractivity contribution < 1.29 is 4.39 Å². The number of benzene rings is 1. The maximum absolute atomic E-state index is 12.6. The van der Waals surface area contributed by atoms with Gasteiger partial charge in [0.15, 0.2) is 0 Å². The monoisotopic (exact) mass is 224 g/mol. The molecule has 0 saturated carbocycles. The van der Waals surface area contributed by atoms with Crippen molar-refractivity contribution in [1.29, 1.82) is 0 Å². The summed E-state index contributed by atoms with van der Waals surface area (Å²) in [4.78, 5) is 0. The molecule has 0 fully saturated rings. The predicted molar refractivity (Wildman–Crippen MR) is 65.8 cm³/mol. The minimum atomic E-state index is -0.173. The highest BCUT2D eigenvalue weighted by molar-refractivity contribution is 5.16. The standard InChI is InChI=1S/C13H21FN2/c1-11(6-8-15)10-16-9-7-12-2-4-13(14)5-3-12/h2-5,11,16H,6-10,15H2,1H3. The Bertz CT molecular complexity index is 284. The van der Waals surface area contributed by atoms with Crippen LogP contribution in [-0.4, -0.2) is 19.6 Å². The molecule has 1 unspecified atom stereocenters. The lowest BCUT2D eigenvalue weighted by Gasteiger charge is -2.11. The molecule has 0 aromatic heterocycles. The maximum Gasteiger partial charge on any atom is 0.123 e. The molecule has 1 aromatic carbocycles. The molecule has 1 rings (SSSR count). The van der Waals surface area contributed by atoms with E-state index in [4.69, 9.17) is 5.73 Å². The van der Waals surface area contributed by atoms with Crippen molar-refractivity contribution in [2.75, 3.05) is 19.6 Å². The number of hydrogen-bond donors (Lipinski definition) is 2. The normalized spacial score (nSPS) is 12.7. The average Bonchev–Trinajstić information content (AvgIpc) is 2.27. The van der Waals surface area contributed by atoms with Gasteiger partial charge in [0.05, 0.1) is 0 Å². The van der Waals surface area contributed by atoms with E-state index in [1.54, 1.807) is 0 Å². The first kappa shape index (κ1) is 13.1. The molecule has 0 aliphatic heterocycles. The van der Waals surface area contributed by atoms with Gasteiger partial charge in [0, 0.05) is 0 Å². The fraction of sp³-hybridized carbons (Fsp3) is 0.538. The summed E-state index contributed by atoms with van der Waals surface area (Å²) in [6.07, 6.45) is 2.00. The second-order valence-electron chi connectivity index (χ2n) is 4.26. The van der Waals surface area contributed by atoms with E-state index in [2.05, 4.69) is 12.2 Å². The first-order chi connectivity index (χ1) is 7.72. The molecule has 0 saturated heterocycles. The number of halogens is 1. The Morgan fingerprint density at radius 3 is 2.62 bits per heavy atom. The smallest absolute Gasteiger partial charge is 0.123 e. The van der Waals surface area contributed by atoms with Crippen molar-refractivity contribution in [3.8, 4) is 0 Å². The zero-order valence-electron chi connectivity index (χ0n) is 9.88. The van der Waals surface area contributed by atoms with Crippen LogP contribution < -0.4 is 11.1 Å². The fourth-order valence-corrected chi connectivity index (χ4v) is 1.62. The third kappa shape index (κ3) is 5.24. The van der Waals surface area contributed by atoms with Crippen LogP contribution in [0.1, 0.15) is 18.9 Å². The third-order valence-electron chi connectivity index (χ3n) is 2.66. The van der Waals surface area contributed by atoms with E-state index in [0.717, 1.165) is 32.5 Å². The van der Waals surface area contributed by atoms with Crippen molar-refractivity contribution in [1.82, 2.24) is 5.32 Å². The summed E-state index contributed by atoms with van der Waals surface area (Å²) in [5, 5.41) is 3.38. The molecule has 3 heteroatoms. The van der Waals surface area contributed by atoms with Gasteiger partial charge in [-0.1, -0.05) is 19.1 Å². The van der Waals surface area contributed by atoms with E-state index in [1.165, 1.54) is 17.7 Å². The van der Waals surface area contributed by atoms with E-state index in [1.807, 2.05) is 12.1 Å². The summed E-state index contributed by atoms with van der Waals surface area (Å²) >= 11 is 0. The molecular formula is C13H21FN2. The van der Waals surface area contributed by atoms with Crippen molar-refractivity contribution in [3.63, 3.8) is 0 Å². The molecule has 0 aliphatic rings. The number of nitrogens with one attached hydrogen (secondary N) is 1. The van der Waals surface area contributed by atoms with Crippen molar-refractivity contribution >= 4 is 0 Å². The van der Waals surface area contributed by atoms with Crippen LogP contribution in [0, 0.1) is 11.7 Å². The van der Waals surface area contributed by atoms with E-state index in [-0.39, 0.29) is 5.82 Å². The first-order valence-electron chi connectivity index (χ1n) is 5.87. The lowest BCUT2D eigenvalue weighted by atomic mass is 10.1. The van der Waals surface area contributed by atoms with Crippen molar-refractivity contribution in [3.05, 3.63) is 35.6 Å². The number of rotatable bonds is 7. The van der Waals surface area contributed by atoms with E-state index >= 15 is 0 Å². The number of hydrogen-bond acceptors (Lipinski definition) is 2. The fourth-order valence-electron chi connectivity index (χ4n) is 1.62. The van der Waals surface area contributed by atoms with Crippen LogP contribution in [-0.2, 0) is 6.42 Å². The second kappa shape index (κ2) is 7.36. The van der Waals surface area contributed by atoms with Crippen LogP contribution in [0.2, 0.25) is 0 Å². The van der Waals surface area contributed by atoms with Gasteiger partial charge in [0.1, 0.15) is 5.82 Å². The Balaban J connectivity index is 2.13. The maximum atomic E-state index is 12.6. The highest BCUT2D eigenvalue weighted by Gasteiger charge is 1.99. The Hall–Kier alpha value is -0.930. The van der Waals surface area contributed by atoms with Gasteiger partial charge in [-0.05, 0) is 56.1 Å². The number of nitrogens with two attached hydrogens (primary N) is 1. The quantitative estimate of drug-likeness (QED) is 0.695. The molecule has 0 amide bonds. The van der Waals surface area contributed by atoms with E-state index in [9.17, 15) is 4.39 Å². The Morgan fingerprint density at radius 2 is 2.00 bits per heavy atom. The van der Waals surface area contributed by atoms with Gasteiger partial charge in [0.2, 0.25) is 0 Å². The Labute approximate surface area is 97.0 Å². The minimum absolute atomic E-state index is 0.173. The summed E-state index contributed by atoms with van der Waals surface area (Å²) in [5.74, 6) is 0.450. The van der Waals surface area contributed by atoms with Crippen LogP contribution >= 0.6 is 0 Å². The van der Waals surface area contributed by atoms with Gasteiger partial charge in [-0.15, -0.1) is 0 Å². The summed E-state index contributed by atoms with van der Waals surface area (Å²) in [5.41, 5.74) is 6.64. The van der Waals surface area contributed by atoms with Gasteiger partial charge in [0.25, 0.3) is 0 Å². The van der Waals surface area contributed by atoms with Gasteiger partial charge >= 0.3 is 0 Å². The van der Waals surface area contributed by atoms with Gasteiger partial charge in [-0.2, -0.15) is 0 Å². The largest absolute Gasteiger partial charge is 0.330 e. The van der Waals surface area contributed by atoms with Gasteiger partial charge < -0.3 is 11.1 Å². The molecule has 0 heterocycles.